The van der Waals surface area contributed by atoms with E-state index < -0.39 is 6.10 Å². The lowest BCUT2D eigenvalue weighted by atomic mass is 10.0. The molecule has 412 valence electrons. The highest BCUT2D eigenvalue weighted by molar-refractivity contribution is 5.71. The number of unbranched alkanes of at least 4 members (excludes halogenated alkanes) is 27. The molecule has 0 heterocycles. The topological polar surface area (TPSA) is 78.9 Å². The van der Waals surface area contributed by atoms with E-state index in [1.807, 2.05) is 12.2 Å². The molecule has 0 aliphatic rings. The molecule has 6 nitrogen and oxygen atoms in total. The molecule has 72 heavy (non-hydrogen) atoms. The first kappa shape index (κ1) is 68.3. The van der Waals surface area contributed by atoms with Gasteiger partial charge in [-0.3, -0.25) is 14.4 Å². The van der Waals surface area contributed by atoms with Crippen molar-refractivity contribution in [1.82, 2.24) is 0 Å². The summed E-state index contributed by atoms with van der Waals surface area (Å²) in [5.41, 5.74) is 0. The number of hydrogen-bond donors (Lipinski definition) is 0. The van der Waals surface area contributed by atoms with Gasteiger partial charge in [0, 0.05) is 19.3 Å². The molecule has 0 saturated heterocycles. The number of ether oxygens (including phenoxy) is 3. The van der Waals surface area contributed by atoms with Crippen LogP contribution in [0.2, 0.25) is 0 Å². The van der Waals surface area contributed by atoms with Crippen molar-refractivity contribution >= 4 is 17.9 Å². The van der Waals surface area contributed by atoms with E-state index in [1.165, 1.54) is 148 Å². The summed E-state index contributed by atoms with van der Waals surface area (Å²) in [4.78, 5) is 38.0. The Kier molecular flexibility index (Phi) is 56.8. The molecule has 6 heteroatoms. The summed E-state index contributed by atoms with van der Waals surface area (Å²) < 4.78 is 16.8. The zero-order chi connectivity index (χ0) is 52.2. The highest BCUT2D eigenvalue weighted by Gasteiger charge is 2.19. The van der Waals surface area contributed by atoms with Crippen molar-refractivity contribution in [3.8, 4) is 0 Å². The van der Waals surface area contributed by atoms with Gasteiger partial charge in [-0.2, -0.15) is 0 Å². The van der Waals surface area contributed by atoms with E-state index in [9.17, 15) is 14.4 Å². The summed E-state index contributed by atoms with van der Waals surface area (Å²) in [6, 6.07) is 0. The third-order valence-electron chi connectivity index (χ3n) is 12.8. The van der Waals surface area contributed by atoms with Gasteiger partial charge in [-0.1, -0.05) is 279 Å². The third kappa shape index (κ3) is 57.2. The van der Waals surface area contributed by atoms with Crippen LogP contribution in [0.5, 0.6) is 0 Å². The summed E-state index contributed by atoms with van der Waals surface area (Å²) in [6.07, 6.45) is 80.2. The Morgan fingerprint density at radius 2 is 0.569 bits per heavy atom. The largest absolute Gasteiger partial charge is 0.462 e. The second kappa shape index (κ2) is 59.9. The minimum Gasteiger partial charge on any atom is -0.462 e. The first-order valence-electron chi connectivity index (χ1n) is 30.2. The molecule has 0 radical (unpaired) electrons. The predicted molar refractivity (Wildman–Crippen MR) is 311 cm³/mol. The minimum absolute atomic E-state index is 0.102. The van der Waals surface area contributed by atoms with Gasteiger partial charge in [-0.25, -0.2) is 0 Å². The van der Waals surface area contributed by atoms with Crippen LogP contribution < -0.4 is 0 Å². The second-order valence-electron chi connectivity index (χ2n) is 19.9. The molecule has 0 saturated carbocycles. The average Bonchev–Trinajstić information content (AvgIpc) is 3.38. The number of esters is 3. The Bertz CT molecular complexity index is 1430. The second-order valence-corrected chi connectivity index (χ2v) is 19.9. The third-order valence-corrected chi connectivity index (χ3v) is 12.8. The van der Waals surface area contributed by atoms with E-state index in [-0.39, 0.29) is 37.5 Å². The first-order valence-corrected chi connectivity index (χ1v) is 30.2. The summed E-state index contributed by atoms with van der Waals surface area (Å²) in [7, 11) is 0. The Morgan fingerprint density at radius 3 is 0.903 bits per heavy atom. The molecule has 0 aliphatic heterocycles. The summed E-state index contributed by atoms with van der Waals surface area (Å²) in [5.74, 6) is -0.980. The summed E-state index contributed by atoms with van der Waals surface area (Å²) in [5, 5.41) is 0. The zero-order valence-electron chi connectivity index (χ0n) is 47.2. The lowest BCUT2D eigenvalue weighted by Crippen LogP contribution is -2.30. The Labute approximate surface area is 445 Å². The lowest BCUT2D eigenvalue weighted by Gasteiger charge is -2.18. The van der Waals surface area contributed by atoms with E-state index in [4.69, 9.17) is 14.2 Å². The van der Waals surface area contributed by atoms with Crippen LogP contribution >= 0.6 is 0 Å². The van der Waals surface area contributed by atoms with Gasteiger partial charge in [0.15, 0.2) is 6.10 Å². The Balaban J connectivity index is 4.13. The summed E-state index contributed by atoms with van der Waals surface area (Å²) in [6.45, 7) is 6.35. The van der Waals surface area contributed by atoms with Crippen molar-refractivity contribution in [3.63, 3.8) is 0 Å². The molecule has 0 N–H and O–H groups in total. The van der Waals surface area contributed by atoms with Crippen molar-refractivity contribution in [2.24, 2.45) is 0 Å². The van der Waals surface area contributed by atoms with E-state index in [0.29, 0.717) is 19.3 Å². The fourth-order valence-electron chi connectivity index (χ4n) is 8.39. The van der Waals surface area contributed by atoms with Gasteiger partial charge >= 0.3 is 17.9 Å². The van der Waals surface area contributed by atoms with Gasteiger partial charge in [-0.05, 0) is 83.5 Å². The Hall–Kier alpha value is -3.67. The van der Waals surface area contributed by atoms with Gasteiger partial charge in [-0.15, -0.1) is 0 Å². The van der Waals surface area contributed by atoms with Crippen LogP contribution in [-0.4, -0.2) is 37.2 Å². The molecule has 0 amide bonds. The molecular formula is C66H112O6. The fraction of sp³-hybridized carbons (Fsp3) is 0.712. The molecule has 0 bridgehead atoms. The number of allylic oxidation sites excluding steroid dienone is 16. The highest BCUT2D eigenvalue weighted by atomic mass is 16.6. The van der Waals surface area contributed by atoms with E-state index >= 15 is 0 Å². The van der Waals surface area contributed by atoms with Crippen molar-refractivity contribution in [2.45, 2.75) is 290 Å². The molecule has 0 rings (SSSR count). The monoisotopic (exact) mass is 1000 g/mol. The SMILES string of the molecule is CC/C=C\C/C=C\C/C=C\C/C=C\CCCCCCCCCCCCCCCCCCCCC(=O)OCC(COC(=O)CCCCCCCCCCCC)OC(=O)CC/C=C\C/C=C\C/C=C\C/C=C\CC. The molecule has 1 unspecified atom stereocenters. The zero-order valence-corrected chi connectivity index (χ0v) is 47.2. The normalized spacial score (nSPS) is 12.8. The molecule has 0 aromatic heterocycles. The molecule has 0 fully saturated rings. The van der Waals surface area contributed by atoms with Gasteiger partial charge in [0.2, 0.25) is 0 Å². The molecule has 0 aromatic carbocycles. The number of hydrogen-bond acceptors (Lipinski definition) is 6. The van der Waals surface area contributed by atoms with Crippen LogP contribution in [0.25, 0.3) is 0 Å². The van der Waals surface area contributed by atoms with Crippen LogP contribution in [0.1, 0.15) is 284 Å². The van der Waals surface area contributed by atoms with E-state index in [1.54, 1.807) is 0 Å². The van der Waals surface area contributed by atoms with Gasteiger partial charge < -0.3 is 14.2 Å². The van der Waals surface area contributed by atoms with Gasteiger partial charge in [0.1, 0.15) is 13.2 Å². The first-order chi connectivity index (χ1) is 35.5. The van der Waals surface area contributed by atoms with Crippen LogP contribution in [0.3, 0.4) is 0 Å². The van der Waals surface area contributed by atoms with E-state index in [2.05, 4.69) is 106 Å². The number of rotatable bonds is 54. The summed E-state index contributed by atoms with van der Waals surface area (Å²) >= 11 is 0. The van der Waals surface area contributed by atoms with E-state index in [0.717, 1.165) is 89.9 Å². The fourth-order valence-corrected chi connectivity index (χ4v) is 8.39. The van der Waals surface area contributed by atoms with Crippen LogP contribution in [0, 0.1) is 0 Å². The van der Waals surface area contributed by atoms with Crippen molar-refractivity contribution in [2.75, 3.05) is 13.2 Å². The van der Waals surface area contributed by atoms with Crippen molar-refractivity contribution < 1.29 is 28.6 Å². The van der Waals surface area contributed by atoms with Crippen molar-refractivity contribution in [3.05, 3.63) is 97.2 Å². The van der Waals surface area contributed by atoms with Crippen LogP contribution in [0.15, 0.2) is 97.2 Å². The smallest absolute Gasteiger partial charge is 0.306 e. The maximum atomic E-state index is 12.8. The predicted octanol–water partition coefficient (Wildman–Crippen LogP) is 20.5. The molecule has 1 atom stereocenters. The average molecular weight is 1000 g/mol. The molecular weight excluding hydrogens is 889 g/mol. The number of carbonyl (C=O) groups excluding carboxylic acids is 3. The number of carbonyl (C=O) groups is 3. The minimum atomic E-state index is -0.811. The highest BCUT2D eigenvalue weighted by Crippen LogP contribution is 2.16. The maximum absolute atomic E-state index is 12.8. The molecule has 0 aliphatic carbocycles. The van der Waals surface area contributed by atoms with Gasteiger partial charge in [0.25, 0.3) is 0 Å². The van der Waals surface area contributed by atoms with Crippen LogP contribution in [0.4, 0.5) is 0 Å². The quantitative estimate of drug-likeness (QED) is 0.0261. The van der Waals surface area contributed by atoms with Crippen LogP contribution in [-0.2, 0) is 28.6 Å². The molecule has 0 spiro atoms. The van der Waals surface area contributed by atoms with Gasteiger partial charge in [0.05, 0.1) is 0 Å². The lowest BCUT2D eigenvalue weighted by molar-refractivity contribution is -0.166. The van der Waals surface area contributed by atoms with Crippen molar-refractivity contribution in [1.29, 1.82) is 0 Å². The maximum Gasteiger partial charge on any atom is 0.306 e. The standard InChI is InChI=1S/C66H112O6/c1-4-7-10-13-16-19-22-24-25-26-27-28-29-30-31-32-33-34-35-36-37-38-39-40-41-43-44-47-50-53-56-59-65(68)71-62-63(61-70-64(67)58-55-52-49-46-21-18-15-12-9-6-3)72-66(69)60-57-54-51-48-45-42-23-20-17-14-11-8-5-2/h7-8,10-11,16-17,19-20,24-25,27-28,42,45,51,54,63H,4-6,9,12-15,18,21-23,26,29-41,43-44,46-50,52-53,55-62H2,1-3H3/b10-7-,11-8-,19-16-,20-17-,25-24-,28-27-,45-42-,54-51-. The molecule has 0 aromatic rings. The Morgan fingerprint density at radius 1 is 0.292 bits per heavy atom.